The van der Waals surface area contributed by atoms with Gasteiger partial charge in [-0.15, -0.1) is 0 Å². The minimum absolute atomic E-state index is 0.183. The van der Waals surface area contributed by atoms with Crippen molar-refractivity contribution in [3.63, 3.8) is 0 Å². The summed E-state index contributed by atoms with van der Waals surface area (Å²) in [5.41, 5.74) is -0.183. The Kier molecular flexibility index (Phi) is 4.97. The van der Waals surface area contributed by atoms with Gasteiger partial charge in [-0.25, -0.2) is 0 Å². The van der Waals surface area contributed by atoms with Crippen LogP contribution < -0.4 is 0 Å². The molecule has 1 rings (SSSR count). The number of hydrogen-bond donors (Lipinski definition) is 0. The van der Waals surface area contributed by atoms with Gasteiger partial charge in [-0.2, -0.15) is 0 Å². The summed E-state index contributed by atoms with van der Waals surface area (Å²) < 4.78 is 5.34. The molecule has 16 heavy (non-hydrogen) atoms. The first-order chi connectivity index (χ1) is 7.53. The molecule has 0 heterocycles. The van der Waals surface area contributed by atoms with Crippen LogP contribution in [0.15, 0.2) is 0 Å². The highest BCUT2D eigenvalue weighted by molar-refractivity contribution is 5.85. The van der Waals surface area contributed by atoms with Crippen LogP contribution >= 0.6 is 0 Å². The number of rotatable bonds is 5. The van der Waals surface area contributed by atoms with Crippen LogP contribution in [0.1, 0.15) is 52.9 Å². The molecular formula is C14H26O2. The van der Waals surface area contributed by atoms with Crippen LogP contribution in [0.4, 0.5) is 0 Å². The summed E-state index contributed by atoms with van der Waals surface area (Å²) in [6, 6.07) is 0. The molecule has 0 N–H and O–H groups in total. The Bertz CT molecular complexity index is 231. The van der Waals surface area contributed by atoms with Crippen LogP contribution in [-0.4, -0.2) is 19.5 Å². The van der Waals surface area contributed by atoms with Gasteiger partial charge in [-0.05, 0) is 24.7 Å². The number of ketones is 1. The second-order valence-corrected chi connectivity index (χ2v) is 5.76. The number of Topliss-reactive ketones (excluding diaryl/α,β-unsaturated/α-hetero) is 1. The maximum Gasteiger partial charge on any atom is 0.141 e. The van der Waals surface area contributed by atoms with Crippen molar-refractivity contribution in [2.75, 3.05) is 13.7 Å². The van der Waals surface area contributed by atoms with Crippen LogP contribution in [0.2, 0.25) is 0 Å². The van der Waals surface area contributed by atoms with E-state index in [0.717, 1.165) is 6.42 Å². The highest BCUT2D eigenvalue weighted by atomic mass is 16.5. The summed E-state index contributed by atoms with van der Waals surface area (Å²) in [5.74, 6) is 1.36. The Balaban J connectivity index is 2.81. The third-order valence-corrected chi connectivity index (χ3v) is 4.00. The van der Waals surface area contributed by atoms with Crippen molar-refractivity contribution in [2.45, 2.75) is 52.9 Å². The number of carbonyl (C=O) groups excluding carboxylic acids is 1. The molecule has 0 aromatic rings. The molecule has 1 aliphatic rings. The molecule has 0 amide bonds. The molecule has 0 saturated heterocycles. The molecule has 94 valence electrons. The molecule has 1 aliphatic carbocycles. The van der Waals surface area contributed by atoms with Gasteiger partial charge in [-0.3, -0.25) is 4.79 Å². The lowest BCUT2D eigenvalue weighted by Crippen LogP contribution is -2.44. The molecule has 0 aromatic heterocycles. The van der Waals surface area contributed by atoms with Gasteiger partial charge in [0.05, 0.1) is 12.0 Å². The lowest BCUT2D eigenvalue weighted by Gasteiger charge is -2.41. The summed E-state index contributed by atoms with van der Waals surface area (Å²) in [5, 5.41) is 0. The Morgan fingerprint density at radius 3 is 2.62 bits per heavy atom. The molecule has 1 saturated carbocycles. The fourth-order valence-corrected chi connectivity index (χ4v) is 2.95. The molecule has 1 fully saturated rings. The quantitative estimate of drug-likeness (QED) is 0.717. The maximum atomic E-state index is 12.5. The monoisotopic (exact) mass is 226 g/mol. The highest BCUT2D eigenvalue weighted by Crippen LogP contribution is 2.43. The molecule has 0 spiro atoms. The van der Waals surface area contributed by atoms with Crippen molar-refractivity contribution in [3.05, 3.63) is 0 Å². The highest BCUT2D eigenvalue weighted by Gasteiger charge is 2.44. The second kappa shape index (κ2) is 5.81. The van der Waals surface area contributed by atoms with E-state index in [1.165, 1.54) is 19.3 Å². The van der Waals surface area contributed by atoms with E-state index in [9.17, 15) is 4.79 Å². The third-order valence-electron chi connectivity index (χ3n) is 4.00. The molecular weight excluding hydrogens is 200 g/mol. The van der Waals surface area contributed by atoms with E-state index in [1.807, 2.05) is 0 Å². The number of carbonyl (C=O) groups is 1. The Morgan fingerprint density at radius 2 is 2.12 bits per heavy atom. The van der Waals surface area contributed by atoms with E-state index in [-0.39, 0.29) is 5.41 Å². The van der Waals surface area contributed by atoms with Crippen molar-refractivity contribution in [1.82, 2.24) is 0 Å². The van der Waals surface area contributed by atoms with Crippen molar-refractivity contribution in [1.29, 1.82) is 0 Å². The molecule has 0 radical (unpaired) electrons. The molecule has 2 atom stereocenters. The van der Waals surface area contributed by atoms with E-state index in [4.69, 9.17) is 4.74 Å². The Labute approximate surface area is 99.8 Å². The summed E-state index contributed by atoms with van der Waals surface area (Å²) in [6.45, 7) is 7.06. The van der Waals surface area contributed by atoms with Crippen LogP contribution in [0.25, 0.3) is 0 Å². The van der Waals surface area contributed by atoms with Gasteiger partial charge in [0.15, 0.2) is 0 Å². The van der Waals surface area contributed by atoms with Gasteiger partial charge in [-0.1, -0.05) is 33.6 Å². The molecule has 0 aliphatic heterocycles. The van der Waals surface area contributed by atoms with Gasteiger partial charge in [0, 0.05) is 13.5 Å². The first-order valence-corrected chi connectivity index (χ1v) is 6.55. The van der Waals surface area contributed by atoms with Crippen LogP contribution in [0.5, 0.6) is 0 Å². The van der Waals surface area contributed by atoms with E-state index in [1.54, 1.807) is 7.11 Å². The topological polar surface area (TPSA) is 26.3 Å². The zero-order valence-corrected chi connectivity index (χ0v) is 11.2. The number of ether oxygens (including phenoxy) is 1. The van der Waals surface area contributed by atoms with E-state index >= 15 is 0 Å². The largest absolute Gasteiger partial charge is 0.384 e. The SMILES string of the molecule is COCC1(C(=O)CC(C)C)CCCCC1C. The van der Waals surface area contributed by atoms with Crippen molar-refractivity contribution < 1.29 is 9.53 Å². The van der Waals surface area contributed by atoms with Gasteiger partial charge in [0.1, 0.15) is 5.78 Å². The summed E-state index contributed by atoms with van der Waals surface area (Å²) >= 11 is 0. The van der Waals surface area contributed by atoms with Crippen LogP contribution in [-0.2, 0) is 9.53 Å². The first kappa shape index (κ1) is 13.7. The van der Waals surface area contributed by atoms with E-state index < -0.39 is 0 Å². The zero-order valence-electron chi connectivity index (χ0n) is 11.2. The minimum Gasteiger partial charge on any atom is -0.384 e. The first-order valence-electron chi connectivity index (χ1n) is 6.55. The van der Waals surface area contributed by atoms with Gasteiger partial charge in [0.2, 0.25) is 0 Å². The summed E-state index contributed by atoms with van der Waals surface area (Å²) in [4.78, 5) is 12.5. The van der Waals surface area contributed by atoms with Crippen molar-refractivity contribution >= 4 is 5.78 Å². The molecule has 0 bridgehead atoms. The third kappa shape index (κ3) is 2.85. The predicted octanol–water partition coefficient (Wildman–Crippen LogP) is 3.44. The van der Waals surface area contributed by atoms with Crippen LogP contribution in [0, 0.1) is 17.3 Å². The fourth-order valence-electron chi connectivity index (χ4n) is 2.95. The molecule has 2 unspecified atom stereocenters. The number of methoxy groups -OCH3 is 1. The predicted molar refractivity (Wildman–Crippen MR) is 66.4 cm³/mol. The lowest BCUT2D eigenvalue weighted by atomic mass is 9.64. The standard InChI is InChI=1S/C14H26O2/c1-11(2)9-13(15)14(10-16-4)8-6-5-7-12(14)3/h11-12H,5-10H2,1-4H3. The summed E-state index contributed by atoms with van der Waals surface area (Å²) in [6.07, 6.45) is 5.34. The average Bonchev–Trinajstić information content (AvgIpc) is 2.20. The smallest absolute Gasteiger partial charge is 0.141 e. The van der Waals surface area contributed by atoms with Crippen LogP contribution in [0.3, 0.4) is 0 Å². The van der Waals surface area contributed by atoms with Crippen molar-refractivity contribution in [2.24, 2.45) is 17.3 Å². The Hall–Kier alpha value is -0.370. The fraction of sp³-hybridized carbons (Fsp3) is 0.929. The van der Waals surface area contributed by atoms with Crippen molar-refractivity contribution in [3.8, 4) is 0 Å². The minimum atomic E-state index is -0.183. The molecule has 2 heteroatoms. The average molecular weight is 226 g/mol. The molecule has 2 nitrogen and oxygen atoms in total. The van der Waals surface area contributed by atoms with Gasteiger partial charge < -0.3 is 4.74 Å². The van der Waals surface area contributed by atoms with Gasteiger partial charge >= 0.3 is 0 Å². The van der Waals surface area contributed by atoms with E-state index in [0.29, 0.717) is 30.6 Å². The molecule has 0 aromatic carbocycles. The Morgan fingerprint density at radius 1 is 1.44 bits per heavy atom. The second-order valence-electron chi connectivity index (χ2n) is 5.76. The summed E-state index contributed by atoms with van der Waals surface area (Å²) in [7, 11) is 1.71. The normalized spacial score (nSPS) is 30.7. The number of hydrogen-bond acceptors (Lipinski definition) is 2. The van der Waals surface area contributed by atoms with E-state index in [2.05, 4.69) is 20.8 Å². The lowest BCUT2D eigenvalue weighted by molar-refractivity contribution is -0.139. The van der Waals surface area contributed by atoms with Gasteiger partial charge in [0.25, 0.3) is 0 Å². The maximum absolute atomic E-state index is 12.5. The zero-order chi connectivity index (χ0) is 12.2.